The molecule has 0 saturated carbocycles. The lowest BCUT2D eigenvalue weighted by molar-refractivity contribution is -0.393. The van der Waals surface area contributed by atoms with Gasteiger partial charge < -0.3 is 15.4 Å². The van der Waals surface area contributed by atoms with E-state index in [0.717, 1.165) is 18.2 Å². The van der Waals surface area contributed by atoms with Gasteiger partial charge in [0.1, 0.15) is 16.8 Å². The third-order valence-electron chi connectivity index (χ3n) is 5.17. The second kappa shape index (κ2) is 11.6. The van der Waals surface area contributed by atoms with Gasteiger partial charge in [-0.1, -0.05) is 13.8 Å². The minimum atomic E-state index is -0.983. The molecule has 13 nitrogen and oxygen atoms in total. The molecule has 2 heterocycles. The molecule has 35 heavy (non-hydrogen) atoms. The zero-order chi connectivity index (χ0) is 25.5. The molecule has 0 aliphatic rings. The molecule has 3 atom stereocenters. The third kappa shape index (κ3) is 6.88. The van der Waals surface area contributed by atoms with Gasteiger partial charge >= 0.3 is 0 Å². The van der Waals surface area contributed by atoms with Gasteiger partial charge in [-0.2, -0.15) is 0 Å². The van der Waals surface area contributed by atoms with Crippen LogP contribution in [0.15, 0.2) is 42.3 Å². The number of anilines is 1. The lowest BCUT2D eigenvalue weighted by atomic mass is 9.97. The summed E-state index contributed by atoms with van der Waals surface area (Å²) in [6.45, 7) is 3.96. The number of hydrogen-bond donors (Lipinski definition) is 4. The number of nitro benzene ring substituents is 2. The van der Waals surface area contributed by atoms with E-state index in [1.807, 2.05) is 13.8 Å². The van der Waals surface area contributed by atoms with Crippen LogP contribution in [0.1, 0.15) is 37.1 Å². The normalized spacial score (nSPS) is 13.8. The van der Waals surface area contributed by atoms with Crippen LogP contribution >= 0.6 is 11.3 Å². The summed E-state index contributed by atoms with van der Waals surface area (Å²) in [6.07, 6.45) is 4.27. The monoisotopic (exact) mass is 503 g/mol. The predicted octanol–water partition coefficient (Wildman–Crippen LogP) is 2.97. The number of nitrogens with one attached hydrogen (secondary N) is 3. The molecule has 0 fully saturated rings. The largest absolute Gasteiger partial charge is 0.384 e. The number of non-ortho nitro benzene ring substituents is 1. The zero-order valence-corrected chi connectivity index (χ0v) is 19.8. The van der Waals surface area contributed by atoms with Gasteiger partial charge in [-0.3, -0.25) is 30.3 Å². The molecule has 0 saturated heterocycles. The molecule has 1 aromatic carbocycles. The predicted molar refractivity (Wildman–Crippen MR) is 128 cm³/mol. The summed E-state index contributed by atoms with van der Waals surface area (Å²) in [6, 6.07) is 1.52. The van der Waals surface area contributed by atoms with Gasteiger partial charge in [0.2, 0.25) is 5.91 Å². The maximum atomic E-state index is 13.3. The summed E-state index contributed by atoms with van der Waals surface area (Å²) in [7, 11) is 0. The average molecular weight is 504 g/mol. The van der Waals surface area contributed by atoms with Crippen molar-refractivity contribution in [3.05, 3.63) is 73.2 Å². The molecule has 0 radical (unpaired) electrons. The molecule has 0 spiro atoms. The Morgan fingerprint density at radius 2 is 2.03 bits per heavy atom. The molecule has 0 unspecified atom stereocenters. The van der Waals surface area contributed by atoms with Gasteiger partial charge in [0.15, 0.2) is 0 Å². The number of hydrogen-bond acceptors (Lipinski definition) is 10. The molecule has 14 heteroatoms. The van der Waals surface area contributed by atoms with E-state index in [0.29, 0.717) is 17.1 Å². The van der Waals surface area contributed by atoms with Crippen molar-refractivity contribution in [2.75, 3.05) is 5.32 Å². The van der Waals surface area contributed by atoms with E-state index in [-0.39, 0.29) is 18.0 Å². The summed E-state index contributed by atoms with van der Waals surface area (Å²) in [5, 5.41) is 41.4. The van der Waals surface area contributed by atoms with Crippen LogP contribution in [0, 0.1) is 26.1 Å². The highest BCUT2D eigenvalue weighted by Gasteiger charge is 2.31. The molecule has 0 aliphatic carbocycles. The first kappa shape index (κ1) is 25.9. The highest BCUT2D eigenvalue weighted by molar-refractivity contribution is 7.09. The Morgan fingerprint density at radius 1 is 1.26 bits per heavy atom. The van der Waals surface area contributed by atoms with E-state index >= 15 is 0 Å². The molecule has 2 aromatic heterocycles. The Morgan fingerprint density at radius 3 is 2.60 bits per heavy atom. The highest BCUT2D eigenvalue weighted by Crippen LogP contribution is 2.29. The summed E-state index contributed by atoms with van der Waals surface area (Å²) < 4.78 is 0. The Hall–Kier alpha value is -3.75. The molecular weight excluding hydrogens is 478 g/mol. The number of benzene rings is 1. The fourth-order valence-electron chi connectivity index (χ4n) is 3.56. The van der Waals surface area contributed by atoms with Gasteiger partial charge in [0.25, 0.3) is 11.4 Å². The number of carbonyl (C=O) groups is 1. The van der Waals surface area contributed by atoms with Crippen LogP contribution in [0.3, 0.4) is 0 Å². The van der Waals surface area contributed by atoms with Crippen LogP contribution in [0.4, 0.5) is 17.1 Å². The third-order valence-corrected chi connectivity index (χ3v) is 6.01. The topological polar surface area (TPSA) is 189 Å². The van der Waals surface area contributed by atoms with E-state index in [9.17, 15) is 30.1 Å². The standard InChI is InChI=1S/C21H25N7O6S/c1-12(2)7-16(19(29)21-23-5-6-35-21)25-17(8-13-10-22-11-24-13)20(30)26-15-4-3-14(27(31)32)9-18(15)28(33)34/h3-6,9-12,16-17,19,25,29H,7-8H2,1-2H3,(H,22,24)(H,26,30)/t16-,17-,19+/m0/s1. The van der Waals surface area contributed by atoms with Crippen molar-refractivity contribution in [3.8, 4) is 0 Å². The minimum absolute atomic E-state index is 0.145. The van der Waals surface area contributed by atoms with Gasteiger partial charge in [-0.25, -0.2) is 9.97 Å². The van der Waals surface area contributed by atoms with Gasteiger partial charge in [0, 0.05) is 42.0 Å². The number of aliphatic hydroxyl groups excluding tert-OH is 1. The fourth-order valence-corrected chi connectivity index (χ4v) is 4.25. The summed E-state index contributed by atoms with van der Waals surface area (Å²) in [5.41, 5.74) is -0.620. The number of amides is 1. The molecule has 3 aromatic rings. The maximum Gasteiger partial charge on any atom is 0.299 e. The molecule has 1 amide bonds. The van der Waals surface area contributed by atoms with Gasteiger partial charge in [0.05, 0.1) is 28.3 Å². The van der Waals surface area contributed by atoms with Crippen LogP contribution in [0.2, 0.25) is 0 Å². The second-order valence-corrected chi connectivity index (χ2v) is 9.18. The van der Waals surface area contributed by atoms with E-state index in [1.165, 1.54) is 17.7 Å². The number of aromatic nitrogens is 3. The first-order valence-electron chi connectivity index (χ1n) is 10.7. The number of nitrogens with zero attached hydrogens (tertiary/aromatic N) is 4. The van der Waals surface area contributed by atoms with Crippen LogP contribution in [0.25, 0.3) is 0 Å². The Kier molecular flexibility index (Phi) is 8.57. The minimum Gasteiger partial charge on any atom is -0.384 e. The molecular formula is C21H25N7O6S. The Balaban J connectivity index is 1.89. The van der Waals surface area contributed by atoms with E-state index < -0.39 is 45.3 Å². The van der Waals surface area contributed by atoms with Crippen molar-refractivity contribution >= 4 is 34.3 Å². The molecule has 3 rings (SSSR count). The molecule has 186 valence electrons. The average Bonchev–Trinajstić information content (AvgIpc) is 3.51. The number of aliphatic hydroxyl groups is 1. The van der Waals surface area contributed by atoms with Gasteiger partial charge in [-0.15, -0.1) is 11.3 Å². The number of aromatic amines is 1. The van der Waals surface area contributed by atoms with E-state index in [2.05, 4.69) is 25.6 Å². The smallest absolute Gasteiger partial charge is 0.299 e. The van der Waals surface area contributed by atoms with Crippen molar-refractivity contribution in [3.63, 3.8) is 0 Å². The lowest BCUT2D eigenvalue weighted by Gasteiger charge is -2.29. The van der Waals surface area contributed by atoms with Gasteiger partial charge in [-0.05, 0) is 18.4 Å². The number of rotatable bonds is 12. The van der Waals surface area contributed by atoms with Crippen LogP contribution < -0.4 is 10.6 Å². The second-order valence-electron chi connectivity index (χ2n) is 8.26. The summed E-state index contributed by atoms with van der Waals surface area (Å²) in [5.74, 6) is -0.439. The lowest BCUT2D eigenvalue weighted by Crippen LogP contribution is -2.49. The van der Waals surface area contributed by atoms with Crippen LogP contribution in [-0.2, 0) is 11.2 Å². The number of carbonyl (C=O) groups excluding carboxylic acids is 1. The van der Waals surface area contributed by atoms with Crippen molar-refractivity contribution in [2.24, 2.45) is 5.92 Å². The quantitative estimate of drug-likeness (QED) is 0.213. The SMILES string of the molecule is CC(C)C[C@H](N[C@@H](Cc1cnc[nH]1)C(=O)Nc1ccc([N+](=O)[O-])cc1[N+](=O)[O-])[C@@H](O)c1nccs1. The molecule has 0 aliphatic heterocycles. The fraction of sp³-hybridized carbons (Fsp3) is 0.381. The van der Waals surface area contributed by atoms with E-state index in [1.54, 1.807) is 17.8 Å². The molecule has 4 N–H and O–H groups in total. The van der Waals surface area contributed by atoms with Crippen LogP contribution in [-0.4, -0.2) is 47.9 Å². The highest BCUT2D eigenvalue weighted by atomic mass is 32.1. The molecule has 0 bridgehead atoms. The number of H-pyrrole nitrogens is 1. The Labute approximate surface area is 203 Å². The zero-order valence-electron chi connectivity index (χ0n) is 19.0. The van der Waals surface area contributed by atoms with E-state index in [4.69, 9.17) is 0 Å². The van der Waals surface area contributed by atoms with Crippen molar-refractivity contribution in [2.45, 2.75) is 44.9 Å². The first-order chi connectivity index (χ1) is 16.7. The number of nitro groups is 2. The van der Waals surface area contributed by atoms with Crippen LogP contribution in [0.5, 0.6) is 0 Å². The number of thiazole rings is 1. The summed E-state index contributed by atoms with van der Waals surface area (Å²) in [4.78, 5) is 45.3. The number of imidazole rings is 1. The van der Waals surface area contributed by atoms with Crippen molar-refractivity contribution in [1.29, 1.82) is 0 Å². The van der Waals surface area contributed by atoms with Crippen molar-refractivity contribution < 1.29 is 19.7 Å². The van der Waals surface area contributed by atoms with Crippen molar-refractivity contribution in [1.82, 2.24) is 20.3 Å². The summed E-state index contributed by atoms with van der Waals surface area (Å²) >= 11 is 1.29. The first-order valence-corrected chi connectivity index (χ1v) is 11.6. The Bertz CT molecular complexity index is 1150. The maximum absolute atomic E-state index is 13.3.